The number of amides is 2. The molecule has 0 unspecified atom stereocenters. The van der Waals surface area contributed by atoms with Crippen LogP contribution in [0.1, 0.15) is 12.5 Å². The van der Waals surface area contributed by atoms with Crippen molar-refractivity contribution in [1.29, 1.82) is 0 Å². The van der Waals surface area contributed by atoms with E-state index in [0.29, 0.717) is 40.1 Å². The zero-order valence-corrected chi connectivity index (χ0v) is 18.3. The fourth-order valence-electron chi connectivity index (χ4n) is 3.57. The van der Waals surface area contributed by atoms with E-state index in [9.17, 15) is 9.59 Å². The molecular weight excluding hydrogens is 428 g/mol. The van der Waals surface area contributed by atoms with Crippen molar-refractivity contribution in [2.24, 2.45) is 0 Å². The third kappa shape index (κ3) is 3.92. The molecule has 1 aliphatic rings. The predicted molar refractivity (Wildman–Crippen MR) is 125 cm³/mol. The van der Waals surface area contributed by atoms with Crippen molar-refractivity contribution in [2.45, 2.75) is 6.92 Å². The number of para-hydroxylation sites is 2. The smallest absolute Gasteiger partial charge is 0.282 e. The first-order chi connectivity index (χ1) is 15.5. The van der Waals surface area contributed by atoms with Gasteiger partial charge < -0.3 is 14.8 Å². The second-order valence-corrected chi connectivity index (χ2v) is 7.37. The molecule has 4 rings (SSSR count). The molecule has 7 heteroatoms. The largest absolute Gasteiger partial charge is 0.495 e. The lowest BCUT2D eigenvalue weighted by Crippen LogP contribution is -2.32. The van der Waals surface area contributed by atoms with Crippen LogP contribution < -0.4 is 19.7 Å². The Kier molecular flexibility index (Phi) is 6.14. The highest BCUT2D eigenvalue weighted by molar-refractivity contribution is 6.46. The second kappa shape index (κ2) is 9.16. The number of halogens is 1. The van der Waals surface area contributed by atoms with Gasteiger partial charge in [0, 0.05) is 5.02 Å². The summed E-state index contributed by atoms with van der Waals surface area (Å²) < 4.78 is 11.1. The van der Waals surface area contributed by atoms with Crippen molar-refractivity contribution in [2.75, 3.05) is 23.9 Å². The topological polar surface area (TPSA) is 67.9 Å². The summed E-state index contributed by atoms with van der Waals surface area (Å²) in [4.78, 5) is 28.3. The highest BCUT2D eigenvalue weighted by Gasteiger charge is 2.41. The number of carbonyl (C=O) groups excluding carboxylic acids is 2. The number of anilines is 2. The SMILES string of the molecule is CCOc1ccccc1N1C(=O)C(Nc2cc(Cl)ccc2OC)=C(c2ccccc2)C1=O. The van der Waals surface area contributed by atoms with E-state index in [0.717, 1.165) is 4.90 Å². The van der Waals surface area contributed by atoms with Crippen molar-refractivity contribution in [1.82, 2.24) is 0 Å². The summed E-state index contributed by atoms with van der Waals surface area (Å²) in [5.41, 5.74) is 1.86. The van der Waals surface area contributed by atoms with Gasteiger partial charge in [-0.15, -0.1) is 0 Å². The molecular formula is C25H21ClN2O4. The van der Waals surface area contributed by atoms with E-state index >= 15 is 0 Å². The van der Waals surface area contributed by atoms with E-state index in [1.807, 2.05) is 25.1 Å². The second-order valence-electron chi connectivity index (χ2n) is 6.93. The Bertz CT molecular complexity index is 1210. The number of nitrogens with zero attached hydrogens (tertiary/aromatic N) is 1. The molecule has 2 amide bonds. The van der Waals surface area contributed by atoms with Gasteiger partial charge in [-0.05, 0) is 42.8 Å². The van der Waals surface area contributed by atoms with Gasteiger partial charge in [0.05, 0.1) is 30.7 Å². The average Bonchev–Trinajstić information content (AvgIpc) is 3.04. The number of imide groups is 1. The molecule has 0 saturated carbocycles. The van der Waals surface area contributed by atoms with Gasteiger partial charge >= 0.3 is 0 Å². The maximum absolute atomic E-state index is 13.6. The van der Waals surface area contributed by atoms with Crippen molar-refractivity contribution < 1.29 is 19.1 Å². The molecule has 1 heterocycles. The van der Waals surface area contributed by atoms with Crippen molar-refractivity contribution in [3.63, 3.8) is 0 Å². The zero-order chi connectivity index (χ0) is 22.7. The maximum Gasteiger partial charge on any atom is 0.282 e. The number of hydrogen-bond donors (Lipinski definition) is 1. The van der Waals surface area contributed by atoms with E-state index in [1.54, 1.807) is 54.6 Å². The van der Waals surface area contributed by atoms with E-state index in [4.69, 9.17) is 21.1 Å². The lowest BCUT2D eigenvalue weighted by molar-refractivity contribution is -0.120. The van der Waals surface area contributed by atoms with Crippen LogP contribution in [-0.4, -0.2) is 25.5 Å². The summed E-state index contributed by atoms with van der Waals surface area (Å²) in [5, 5.41) is 3.56. The Morgan fingerprint density at radius 2 is 1.62 bits per heavy atom. The highest BCUT2D eigenvalue weighted by atomic mass is 35.5. The van der Waals surface area contributed by atoms with Crippen LogP contribution in [0.15, 0.2) is 78.5 Å². The van der Waals surface area contributed by atoms with Gasteiger partial charge in [0.25, 0.3) is 11.8 Å². The van der Waals surface area contributed by atoms with Crippen LogP contribution >= 0.6 is 11.6 Å². The summed E-state index contributed by atoms with van der Waals surface area (Å²) >= 11 is 6.17. The Labute approximate surface area is 191 Å². The third-order valence-corrected chi connectivity index (χ3v) is 5.21. The zero-order valence-electron chi connectivity index (χ0n) is 17.6. The van der Waals surface area contributed by atoms with Crippen LogP contribution in [0.25, 0.3) is 5.57 Å². The van der Waals surface area contributed by atoms with Crippen LogP contribution in [0.5, 0.6) is 11.5 Å². The van der Waals surface area contributed by atoms with Crippen LogP contribution in [0.4, 0.5) is 11.4 Å². The van der Waals surface area contributed by atoms with E-state index in [2.05, 4.69) is 5.32 Å². The van der Waals surface area contributed by atoms with E-state index < -0.39 is 11.8 Å². The lowest BCUT2D eigenvalue weighted by atomic mass is 10.0. The number of ether oxygens (including phenoxy) is 2. The number of hydrogen-bond acceptors (Lipinski definition) is 5. The van der Waals surface area contributed by atoms with Gasteiger partial charge in [0.2, 0.25) is 0 Å². The predicted octanol–water partition coefficient (Wildman–Crippen LogP) is 5.14. The lowest BCUT2D eigenvalue weighted by Gasteiger charge is -2.19. The van der Waals surface area contributed by atoms with Gasteiger partial charge in [-0.2, -0.15) is 0 Å². The average molecular weight is 449 g/mol. The first kappa shape index (κ1) is 21.5. The molecule has 0 bridgehead atoms. The molecule has 0 saturated heterocycles. The quantitative estimate of drug-likeness (QED) is 0.506. The Hall–Kier alpha value is -3.77. The summed E-state index contributed by atoms with van der Waals surface area (Å²) in [6, 6.07) is 21.0. The third-order valence-electron chi connectivity index (χ3n) is 4.97. The van der Waals surface area contributed by atoms with Gasteiger partial charge in [-0.25, -0.2) is 4.90 Å². The number of carbonyl (C=O) groups is 2. The van der Waals surface area contributed by atoms with Gasteiger partial charge in [0.1, 0.15) is 17.2 Å². The molecule has 3 aromatic carbocycles. The summed E-state index contributed by atoms with van der Waals surface area (Å²) in [6.07, 6.45) is 0. The number of benzene rings is 3. The molecule has 162 valence electrons. The van der Waals surface area contributed by atoms with Gasteiger partial charge in [-0.1, -0.05) is 54.1 Å². The summed E-state index contributed by atoms with van der Waals surface area (Å²) in [6.45, 7) is 2.24. The van der Waals surface area contributed by atoms with Crippen LogP contribution in [0.2, 0.25) is 5.02 Å². The molecule has 0 atom stereocenters. The van der Waals surface area contributed by atoms with E-state index in [1.165, 1.54) is 7.11 Å². The molecule has 32 heavy (non-hydrogen) atoms. The summed E-state index contributed by atoms with van der Waals surface area (Å²) in [7, 11) is 1.52. The van der Waals surface area contributed by atoms with Gasteiger partial charge in [0.15, 0.2) is 0 Å². The fraction of sp³-hybridized carbons (Fsp3) is 0.120. The molecule has 1 aliphatic heterocycles. The number of methoxy groups -OCH3 is 1. The molecule has 0 radical (unpaired) electrons. The molecule has 6 nitrogen and oxygen atoms in total. The monoisotopic (exact) mass is 448 g/mol. The minimum atomic E-state index is -0.497. The molecule has 0 spiro atoms. The Morgan fingerprint density at radius 1 is 0.906 bits per heavy atom. The normalized spacial score (nSPS) is 13.5. The van der Waals surface area contributed by atoms with Crippen molar-refractivity contribution >= 4 is 40.4 Å². The minimum Gasteiger partial charge on any atom is -0.495 e. The maximum atomic E-state index is 13.6. The van der Waals surface area contributed by atoms with Crippen molar-refractivity contribution in [3.8, 4) is 11.5 Å². The van der Waals surface area contributed by atoms with Crippen molar-refractivity contribution in [3.05, 3.63) is 89.1 Å². The molecule has 0 aromatic heterocycles. The van der Waals surface area contributed by atoms with Gasteiger partial charge in [-0.3, -0.25) is 9.59 Å². The van der Waals surface area contributed by atoms with E-state index in [-0.39, 0.29) is 11.3 Å². The van der Waals surface area contributed by atoms with Crippen LogP contribution in [0, 0.1) is 0 Å². The minimum absolute atomic E-state index is 0.132. The number of rotatable bonds is 7. The highest BCUT2D eigenvalue weighted by Crippen LogP contribution is 2.39. The molecule has 1 N–H and O–H groups in total. The Balaban J connectivity index is 1.85. The Morgan fingerprint density at radius 3 is 2.34 bits per heavy atom. The first-order valence-electron chi connectivity index (χ1n) is 10.1. The standard InChI is InChI=1S/C25H21ClN2O4/c1-3-32-21-12-8-7-11-19(21)28-24(29)22(16-9-5-4-6-10-16)23(25(28)30)27-18-15-17(26)13-14-20(18)31-2/h4-15,27H,3H2,1-2H3. The summed E-state index contributed by atoms with van der Waals surface area (Å²) in [5.74, 6) is -0.00620. The molecule has 0 fully saturated rings. The molecule has 3 aromatic rings. The van der Waals surface area contributed by atoms with Crippen LogP contribution in [0.3, 0.4) is 0 Å². The first-order valence-corrected chi connectivity index (χ1v) is 10.4. The molecule has 0 aliphatic carbocycles. The fourth-order valence-corrected chi connectivity index (χ4v) is 3.74. The number of nitrogens with one attached hydrogen (secondary N) is 1. The van der Waals surface area contributed by atoms with Crippen LogP contribution in [-0.2, 0) is 9.59 Å².